The van der Waals surface area contributed by atoms with Crippen LogP contribution in [0.25, 0.3) is 0 Å². The molecular formula is C10H20O. The van der Waals surface area contributed by atoms with Crippen LogP contribution in [0.4, 0.5) is 0 Å². The predicted molar refractivity (Wildman–Crippen MR) is 47.3 cm³/mol. The minimum absolute atomic E-state index is 0.0344. The molecule has 0 amide bonds. The third kappa shape index (κ3) is 1.96. The van der Waals surface area contributed by atoms with E-state index in [1.165, 1.54) is 12.8 Å². The minimum Gasteiger partial charge on any atom is -0.393 e. The quantitative estimate of drug-likeness (QED) is 0.618. The fraction of sp³-hybridized carbons (Fsp3) is 1.00. The molecule has 1 heteroatoms. The molecule has 0 aromatic carbocycles. The average Bonchev–Trinajstić information content (AvgIpc) is 1.97. The van der Waals surface area contributed by atoms with E-state index in [4.69, 9.17) is 0 Å². The van der Waals surface area contributed by atoms with E-state index < -0.39 is 0 Å². The summed E-state index contributed by atoms with van der Waals surface area (Å²) in [7, 11) is 0. The van der Waals surface area contributed by atoms with Gasteiger partial charge in [0, 0.05) is 0 Å². The highest BCUT2D eigenvalue weighted by molar-refractivity contribution is 4.80. The molecule has 4 atom stereocenters. The third-order valence-corrected chi connectivity index (χ3v) is 3.27. The van der Waals surface area contributed by atoms with Crippen molar-refractivity contribution < 1.29 is 5.11 Å². The molecule has 4 unspecified atom stereocenters. The van der Waals surface area contributed by atoms with Crippen LogP contribution in [0, 0.1) is 17.8 Å². The van der Waals surface area contributed by atoms with Gasteiger partial charge in [-0.05, 0) is 30.6 Å². The third-order valence-electron chi connectivity index (χ3n) is 3.27. The van der Waals surface area contributed by atoms with Crippen LogP contribution in [0.3, 0.4) is 0 Å². The number of aliphatic hydroxyl groups is 1. The lowest BCUT2D eigenvalue weighted by Gasteiger charge is -2.35. The van der Waals surface area contributed by atoms with Crippen molar-refractivity contribution in [3.8, 4) is 0 Å². The first kappa shape index (κ1) is 9.05. The Morgan fingerprint density at radius 3 is 2.36 bits per heavy atom. The summed E-state index contributed by atoms with van der Waals surface area (Å²) in [5.74, 6) is 2.11. The van der Waals surface area contributed by atoms with Gasteiger partial charge in [-0.25, -0.2) is 0 Å². The predicted octanol–water partition coefficient (Wildman–Crippen LogP) is 2.44. The van der Waals surface area contributed by atoms with Gasteiger partial charge in [-0.15, -0.1) is 0 Å². The molecule has 1 aliphatic rings. The maximum atomic E-state index is 9.56. The molecule has 1 aliphatic carbocycles. The van der Waals surface area contributed by atoms with Crippen LogP contribution < -0.4 is 0 Å². The Morgan fingerprint density at radius 1 is 1.18 bits per heavy atom. The van der Waals surface area contributed by atoms with Crippen LogP contribution in [-0.4, -0.2) is 11.2 Å². The fourth-order valence-electron chi connectivity index (χ4n) is 2.24. The van der Waals surface area contributed by atoms with E-state index in [0.29, 0.717) is 5.92 Å². The van der Waals surface area contributed by atoms with E-state index in [2.05, 4.69) is 20.8 Å². The average molecular weight is 156 g/mol. The Balaban J connectivity index is 2.48. The van der Waals surface area contributed by atoms with Gasteiger partial charge >= 0.3 is 0 Å². The highest BCUT2D eigenvalue weighted by atomic mass is 16.3. The first-order valence-corrected chi connectivity index (χ1v) is 4.83. The zero-order chi connectivity index (χ0) is 8.43. The molecule has 0 saturated heterocycles. The van der Waals surface area contributed by atoms with Crippen LogP contribution in [-0.2, 0) is 0 Å². The van der Waals surface area contributed by atoms with E-state index in [0.717, 1.165) is 18.3 Å². The zero-order valence-corrected chi connectivity index (χ0v) is 7.88. The van der Waals surface area contributed by atoms with Crippen molar-refractivity contribution >= 4 is 0 Å². The molecule has 0 aromatic rings. The van der Waals surface area contributed by atoms with Gasteiger partial charge in [0.2, 0.25) is 0 Å². The van der Waals surface area contributed by atoms with Crippen LogP contribution in [0.2, 0.25) is 0 Å². The van der Waals surface area contributed by atoms with Crippen molar-refractivity contribution in [2.75, 3.05) is 0 Å². The smallest absolute Gasteiger partial charge is 0.0568 e. The molecule has 66 valence electrons. The highest BCUT2D eigenvalue weighted by Crippen LogP contribution is 2.35. The van der Waals surface area contributed by atoms with E-state index >= 15 is 0 Å². The van der Waals surface area contributed by atoms with Gasteiger partial charge in [0.1, 0.15) is 0 Å². The SMILES string of the molecule is CCC1CC(C)C(O)CC1C. The summed E-state index contributed by atoms with van der Waals surface area (Å²) in [6.07, 6.45) is 3.48. The van der Waals surface area contributed by atoms with E-state index in [1.807, 2.05) is 0 Å². The van der Waals surface area contributed by atoms with E-state index in [-0.39, 0.29) is 6.10 Å². The Kier molecular flexibility index (Phi) is 2.94. The molecule has 1 nitrogen and oxygen atoms in total. The standard InChI is InChI=1S/C10H20O/c1-4-9-5-8(3)10(11)6-7(9)2/h7-11H,4-6H2,1-3H3. The summed E-state index contributed by atoms with van der Waals surface area (Å²) in [6.45, 7) is 6.69. The summed E-state index contributed by atoms with van der Waals surface area (Å²) in [5, 5.41) is 9.56. The van der Waals surface area contributed by atoms with Gasteiger partial charge in [-0.1, -0.05) is 27.2 Å². The van der Waals surface area contributed by atoms with Crippen molar-refractivity contribution in [2.45, 2.75) is 46.1 Å². The van der Waals surface area contributed by atoms with Gasteiger partial charge in [-0.2, -0.15) is 0 Å². The van der Waals surface area contributed by atoms with Crippen LogP contribution in [0.15, 0.2) is 0 Å². The molecule has 1 N–H and O–H groups in total. The van der Waals surface area contributed by atoms with Gasteiger partial charge < -0.3 is 5.11 Å². The van der Waals surface area contributed by atoms with Crippen LogP contribution in [0.1, 0.15) is 40.0 Å². The topological polar surface area (TPSA) is 20.2 Å². The van der Waals surface area contributed by atoms with Gasteiger partial charge in [-0.3, -0.25) is 0 Å². The Hall–Kier alpha value is -0.0400. The zero-order valence-electron chi connectivity index (χ0n) is 7.88. The highest BCUT2D eigenvalue weighted by Gasteiger charge is 2.29. The van der Waals surface area contributed by atoms with Crippen molar-refractivity contribution in [1.29, 1.82) is 0 Å². The molecule has 0 bridgehead atoms. The second-order valence-electron chi connectivity index (χ2n) is 4.16. The maximum absolute atomic E-state index is 9.56. The lowest BCUT2D eigenvalue weighted by molar-refractivity contribution is 0.0271. The van der Waals surface area contributed by atoms with Gasteiger partial charge in [0.15, 0.2) is 0 Å². The summed E-state index contributed by atoms with van der Waals surface area (Å²) in [6, 6.07) is 0. The number of rotatable bonds is 1. The van der Waals surface area contributed by atoms with Crippen molar-refractivity contribution in [3.05, 3.63) is 0 Å². The number of aliphatic hydroxyl groups excluding tert-OH is 1. The van der Waals surface area contributed by atoms with Crippen LogP contribution in [0.5, 0.6) is 0 Å². The Morgan fingerprint density at radius 2 is 1.82 bits per heavy atom. The molecule has 0 aromatic heterocycles. The van der Waals surface area contributed by atoms with Crippen molar-refractivity contribution in [1.82, 2.24) is 0 Å². The lowest BCUT2D eigenvalue weighted by Crippen LogP contribution is -2.32. The van der Waals surface area contributed by atoms with Crippen LogP contribution >= 0.6 is 0 Å². The van der Waals surface area contributed by atoms with Gasteiger partial charge in [0.05, 0.1) is 6.10 Å². The molecular weight excluding hydrogens is 136 g/mol. The molecule has 0 spiro atoms. The summed E-state index contributed by atoms with van der Waals surface area (Å²) in [4.78, 5) is 0. The fourth-order valence-corrected chi connectivity index (χ4v) is 2.24. The summed E-state index contributed by atoms with van der Waals surface area (Å²) >= 11 is 0. The minimum atomic E-state index is -0.0344. The normalized spacial score (nSPS) is 45.8. The number of hydrogen-bond acceptors (Lipinski definition) is 1. The second-order valence-corrected chi connectivity index (χ2v) is 4.16. The van der Waals surface area contributed by atoms with Crippen molar-refractivity contribution in [3.63, 3.8) is 0 Å². The summed E-state index contributed by atoms with van der Waals surface area (Å²) < 4.78 is 0. The number of hydrogen-bond donors (Lipinski definition) is 1. The van der Waals surface area contributed by atoms with Gasteiger partial charge in [0.25, 0.3) is 0 Å². The second kappa shape index (κ2) is 3.57. The molecule has 11 heavy (non-hydrogen) atoms. The monoisotopic (exact) mass is 156 g/mol. The Labute approximate surface area is 69.8 Å². The molecule has 0 radical (unpaired) electrons. The molecule has 1 rings (SSSR count). The first-order valence-electron chi connectivity index (χ1n) is 4.83. The van der Waals surface area contributed by atoms with E-state index in [1.54, 1.807) is 0 Å². The maximum Gasteiger partial charge on any atom is 0.0568 e. The van der Waals surface area contributed by atoms with Crippen molar-refractivity contribution in [2.24, 2.45) is 17.8 Å². The molecule has 1 saturated carbocycles. The molecule has 0 aliphatic heterocycles. The molecule has 0 heterocycles. The lowest BCUT2D eigenvalue weighted by atomic mass is 9.73. The van der Waals surface area contributed by atoms with E-state index in [9.17, 15) is 5.11 Å². The largest absolute Gasteiger partial charge is 0.393 e. The Bertz CT molecular complexity index is 122. The first-order chi connectivity index (χ1) is 5.15. The molecule has 1 fully saturated rings. The summed E-state index contributed by atoms with van der Waals surface area (Å²) in [5.41, 5.74) is 0.